The van der Waals surface area contributed by atoms with Gasteiger partial charge in [0, 0.05) is 20.3 Å². The fourth-order valence-corrected chi connectivity index (χ4v) is 1.31. The van der Waals surface area contributed by atoms with Crippen molar-refractivity contribution in [3.63, 3.8) is 0 Å². The number of ether oxygens (including phenoxy) is 2. The Bertz CT molecular complexity index is 278. The highest BCUT2D eigenvalue weighted by molar-refractivity contribution is 5.83. The lowest BCUT2D eigenvalue weighted by Crippen LogP contribution is -2.35. The highest BCUT2D eigenvalue weighted by Gasteiger charge is 2.31. The third kappa shape index (κ3) is 3.55. The minimum absolute atomic E-state index is 0.135. The van der Waals surface area contributed by atoms with Crippen molar-refractivity contribution < 1.29 is 19.4 Å². The van der Waals surface area contributed by atoms with Crippen LogP contribution in [-0.2, 0) is 14.3 Å². The van der Waals surface area contributed by atoms with Crippen LogP contribution in [0.1, 0.15) is 34.1 Å². The largest absolute Gasteiger partial charge is 0.457 e. The summed E-state index contributed by atoms with van der Waals surface area (Å²) in [4.78, 5) is 11.2. The van der Waals surface area contributed by atoms with Crippen molar-refractivity contribution in [1.82, 2.24) is 0 Å². The molecule has 0 saturated heterocycles. The molecule has 0 saturated carbocycles. The van der Waals surface area contributed by atoms with Crippen molar-refractivity contribution in [2.45, 2.75) is 46.0 Å². The molecule has 1 atom stereocenters. The van der Waals surface area contributed by atoms with Gasteiger partial charge in [0.15, 0.2) is 0 Å². The van der Waals surface area contributed by atoms with E-state index >= 15 is 0 Å². The van der Waals surface area contributed by atoms with Gasteiger partial charge in [-0.15, -0.1) is 0 Å². The molecule has 0 aliphatic carbocycles. The van der Waals surface area contributed by atoms with Crippen molar-refractivity contribution in [3.8, 4) is 0 Å². The number of carbonyl (C=O) groups is 1. The first-order valence-corrected chi connectivity index (χ1v) is 5.11. The van der Waals surface area contributed by atoms with Crippen LogP contribution in [0.4, 0.5) is 0 Å². The van der Waals surface area contributed by atoms with E-state index < -0.39 is 17.9 Å². The summed E-state index contributed by atoms with van der Waals surface area (Å²) in [5.41, 5.74) is 0. The van der Waals surface area contributed by atoms with Gasteiger partial charge in [0.25, 0.3) is 0 Å². The van der Waals surface area contributed by atoms with Crippen LogP contribution in [0.25, 0.3) is 0 Å². The molecule has 86 valence electrons. The van der Waals surface area contributed by atoms with Crippen LogP contribution in [0.15, 0.2) is 11.8 Å². The molecule has 0 radical (unpaired) electrons. The molecule has 0 spiro atoms. The van der Waals surface area contributed by atoms with Gasteiger partial charge >= 0.3 is 5.97 Å². The quantitative estimate of drug-likeness (QED) is 0.725. The SMILES string of the molecule is CC(C)C(O)CC1=CC(=O)OC(C)(C)O1. The molecule has 0 aromatic heterocycles. The molecule has 1 aliphatic rings. The second-order valence-electron chi connectivity index (χ2n) is 4.55. The monoisotopic (exact) mass is 214 g/mol. The predicted molar refractivity (Wildman–Crippen MR) is 54.8 cm³/mol. The Hall–Kier alpha value is -1.03. The minimum Gasteiger partial charge on any atom is -0.457 e. The summed E-state index contributed by atoms with van der Waals surface area (Å²) in [6, 6.07) is 0. The van der Waals surface area contributed by atoms with E-state index in [0.29, 0.717) is 12.2 Å². The molecular weight excluding hydrogens is 196 g/mol. The molecule has 1 unspecified atom stereocenters. The van der Waals surface area contributed by atoms with Gasteiger partial charge in [0.05, 0.1) is 12.2 Å². The van der Waals surface area contributed by atoms with Crippen molar-refractivity contribution in [3.05, 3.63) is 11.8 Å². The average molecular weight is 214 g/mol. The summed E-state index contributed by atoms with van der Waals surface area (Å²) in [5, 5.41) is 9.66. The highest BCUT2D eigenvalue weighted by atomic mass is 16.7. The topological polar surface area (TPSA) is 55.8 Å². The molecule has 1 rings (SSSR count). The molecule has 0 bridgehead atoms. The van der Waals surface area contributed by atoms with Crippen LogP contribution >= 0.6 is 0 Å². The van der Waals surface area contributed by atoms with E-state index in [0.717, 1.165) is 0 Å². The molecule has 0 fully saturated rings. The van der Waals surface area contributed by atoms with Crippen LogP contribution in [-0.4, -0.2) is 23.0 Å². The summed E-state index contributed by atoms with van der Waals surface area (Å²) in [5.74, 6) is -0.733. The van der Waals surface area contributed by atoms with Crippen molar-refractivity contribution >= 4 is 5.97 Å². The number of hydrogen-bond donors (Lipinski definition) is 1. The van der Waals surface area contributed by atoms with Gasteiger partial charge in [-0.3, -0.25) is 0 Å². The van der Waals surface area contributed by atoms with Crippen LogP contribution in [0.3, 0.4) is 0 Å². The van der Waals surface area contributed by atoms with Gasteiger partial charge in [0.2, 0.25) is 5.79 Å². The highest BCUT2D eigenvalue weighted by Crippen LogP contribution is 2.25. The lowest BCUT2D eigenvalue weighted by Gasteiger charge is -2.31. The van der Waals surface area contributed by atoms with Crippen LogP contribution in [0.2, 0.25) is 0 Å². The van der Waals surface area contributed by atoms with E-state index in [9.17, 15) is 9.90 Å². The molecule has 1 heterocycles. The van der Waals surface area contributed by atoms with Gasteiger partial charge in [-0.25, -0.2) is 4.79 Å². The van der Waals surface area contributed by atoms with E-state index in [1.807, 2.05) is 13.8 Å². The summed E-state index contributed by atoms with van der Waals surface area (Å²) < 4.78 is 10.3. The van der Waals surface area contributed by atoms with E-state index in [-0.39, 0.29) is 5.92 Å². The standard InChI is InChI=1S/C11H18O4/c1-7(2)9(12)5-8-6-10(13)15-11(3,4)14-8/h6-7,9,12H,5H2,1-4H3. The molecule has 1 aliphatic heterocycles. The zero-order chi connectivity index (χ0) is 11.6. The molecule has 15 heavy (non-hydrogen) atoms. The first-order valence-electron chi connectivity index (χ1n) is 5.11. The molecule has 4 heteroatoms. The third-order valence-electron chi connectivity index (χ3n) is 2.18. The number of hydrogen-bond acceptors (Lipinski definition) is 4. The zero-order valence-corrected chi connectivity index (χ0v) is 9.61. The molecule has 0 amide bonds. The minimum atomic E-state index is -0.933. The van der Waals surface area contributed by atoms with Gasteiger partial charge in [-0.1, -0.05) is 13.8 Å². The first-order chi connectivity index (χ1) is 6.80. The van der Waals surface area contributed by atoms with Crippen LogP contribution < -0.4 is 0 Å². The zero-order valence-electron chi connectivity index (χ0n) is 9.61. The maximum Gasteiger partial charge on any atom is 0.337 e. The lowest BCUT2D eigenvalue weighted by molar-refractivity contribution is -0.207. The Morgan fingerprint density at radius 3 is 2.47 bits per heavy atom. The fraction of sp³-hybridized carbons (Fsp3) is 0.727. The van der Waals surface area contributed by atoms with Crippen molar-refractivity contribution in [1.29, 1.82) is 0 Å². The third-order valence-corrected chi connectivity index (χ3v) is 2.18. The van der Waals surface area contributed by atoms with E-state index in [1.165, 1.54) is 6.08 Å². The van der Waals surface area contributed by atoms with Gasteiger partial charge in [0.1, 0.15) is 5.76 Å². The Labute approximate surface area is 89.9 Å². The number of aliphatic hydroxyl groups is 1. The average Bonchev–Trinajstić information content (AvgIpc) is 1.99. The Morgan fingerprint density at radius 1 is 1.40 bits per heavy atom. The van der Waals surface area contributed by atoms with E-state index in [2.05, 4.69) is 0 Å². The number of rotatable bonds is 3. The second-order valence-corrected chi connectivity index (χ2v) is 4.55. The first kappa shape index (κ1) is 12.0. The maximum atomic E-state index is 11.2. The lowest BCUT2D eigenvalue weighted by atomic mass is 10.0. The normalized spacial score (nSPS) is 21.7. The molecular formula is C11H18O4. The van der Waals surface area contributed by atoms with Gasteiger partial charge < -0.3 is 14.6 Å². The number of carbonyl (C=O) groups excluding carboxylic acids is 1. The number of esters is 1. The summed E-state index contributed by atoms with van der Waals surface area (Å²) >= 11 is 0. The number of aliphatic hydroxyl groups excluding tert-OH is 1. The van der Waals surface area contributed by atoms with Crippen molar-refractivity contribution in [2.75, 3.05) is 0 Å². The van der Waals surface area contributed by atoms with Gasteiger partial charge in [-0.05, 0) is 5.92 Å². The van der Waals surface area contributed by atoms with Crippen LogP contribution in [0, 0.1) is 5.92 Å². The van der Waals surface area contributed by atoms with E-state index in [4.69, 9.17) is 9.47 Å². The Kier molecular flexibility index (Phi) is 3.39. The summed E-state index contributed by atoms with van der Waals surface area (Å²) in [6.45, 7) is 7.16. The summed E-state index contributed by atoms with van der Waals surface area (Å²) in [6.07, 6.45) is 1.13. The Balaban J connectivity index is 2.66. The molecule has 1 N–H and O–H groups in total. The Morgan fingerprint density at radius 2 is 2.00 bits per heavy atom. The molecule has 0 aromatic rings. The molecule has 4 nitrogen and oxygen atoms in total. The smallest absolute Gasteiger partial charge is 0.337 e. The molecule has 0 aromatic carbocycles. The van der Waals surface area contributed by atoms with E-state index in [1.54, 1.807) is 13.8 Å². The van der Waals surface area contributed by atoms with Crippen LogP contribution in [0.5, 0.6) is 0 Å². The predicted octanol–water partition coefficient (Wildman–Crippen LogP) is 1.59. The van der Waals surface area contributed by atoms with Gasteiger partial charge in [-0.2, -0.15) is 0 Å². The number of cyclic esters (lactones) is 1. The second kappa shape index (κ2) is 4.23. The van der Waals surface area contributed by atoms with Crippen molar-refractivity contribution in [2.24, 2.45) is 5.92 Å². The fourth-order valence-electron chi connectivity index (χ4n) is 1.31. The summed E-state index contributed by atoms with van der Waals surface area (Å²) in [7, 11) is 0. The maximum absolute atomic E-state index is 11.2.